The number of unbranched alkanes of at least 4 members (excludes halogenated alkanes) is 2. The Kier molecular flexibility index (Phi) is 9.14. The maximum Gasteiger partial charge on any atom is 0.416 e. The molecule has 0 N–H and O–H groups in total. The molecular formula is C25H32F3NO4. The Morgan fingerprint density at radius 3 is 1.88 bits per heavy atom. The van der Waals surface area contributed by atoms with Gasteiger partial charge >= 0.3 is 18.1 Å². The van der Waals surface area contributed by atoms with Gasteiger partial charge in [-0.3, -0.25) is 0 Å². The molecule has 0 aromatic heterocycles. The van der Waals surface area contributed by atoms with Crippen LogP contribution >= 0.6 is 0 Å². The minimum absolute atomic E-state index is 0.0266. The first-order valence-corrected chi connectivity index (χ1v) is 11.3. The van der Waals surface area contributed by atoms with Gasteiger partial charge in [0.1, 0.15) is 0 Å². The summed E-state index contributed by atoms with van der Waals surface area (Å²) in [6, 6.07) is 5.01. The fourth-order valence-electron chi connectivity index (χ4n) is 4.23. The van der Waals surface area contributed by atoms with Crippen molar-refractivity contribution >= 4 is 11.9 Å². The van der Waals surface area contributed by atoms with Crippen LogP contribution in [0.2, 0.25) is 0 Å². The van der Waals surface area contributed by atoms with Gasteiger partial charge in [0.25, 0.3) is 0 Å². The number of carbonyl (C=O) groups excluding carboxylic acids is 2. The third kappa shape index (κ3) is 5.78. The Bertz CT molecular complexity index is 892. The third-order valence-electron chi connectivity index (χ3n) is 5.72. The van der Waals surface area contributed by atoms with Gasteiger partial charge in [0.15, 0.2) is 0 Å². The topological polar surface area (TPSA) is 55.8 Å². The van der Waals surface area contributed by atoms with E-state index in [-0.39, 0.29) is 29.9 Å². The second-order valence-electron chi connectivity index (χ2n) is 7.82. The number of hydrogen-bond acceptors (Lipinski definition) is 5. The molecule has 0 saturated heterocycles. The number of esters is 2. The highest BCUT2D eigenvalue weighted by Gasteiger charge is 2.44. The summed E-state index contributed by atoms with van der Waals surface area (Å²) in [5, 5.41) is 0. The number of carbonyl (C=O) groups is 2. The second-order valence-corrected chi connectivity index (χ2v) is 7.82. The van der Waals surface area contributed by atoms with Gasteiger partial charge in [0.05, 0.1) is 35.8 Å². The summed E-state index contributed by atoms with van der Waals surface area (Å²) in [4.78, 5) is 28.0. The summed E-state index contributed by atoms with van der Waals surface area (Å²) < 4.78 is 52.4. The van der Waals surface area contributed by atoms with E-state index in [1.807, 2.05) is 4.90 Å². The Labute approximate surface area is 193 Å². The van der Waals surface area contributed by atoms with Crippen LogP contribution in [-0.4, -0.2) is 36.6 Å². The number of allylic oxidation sites excluding steroid dienone is 2. The van der Waals surface area contributed by atoms with Crippen LogP contribution in [-0.2, 0) is 25.2 Å². The molecule has 33 heavy (non-hydrogen) atoms. The molecule has 0 radical (unpaired) electrons. The molecule has 0 aliphatic carbocycles. The zero-order valence-electron chi connectivity index (χ0n) is 19.8. The highest BCUT2D eigenvalue weighted by atomic mass is 19.4. The van der Waals surface area contributed by atoms with Crippen LogP contribution < -0.4 is 0 Å². The van der Waals surface area contributed by atoms with E-state index in [4.69, 9.17) is 9.47 Å². The number of halogens is 3. The first-order chi connectivity index (χ1) is 15.6. The van der Waals surface area contributed by atoms with E-state index in [0.717, 1.165) is 25.3 Å². The molecule has 5 nitrogen and oxygen atoms in total. The molecule has 1 aliphatic heterocycles. The number of benzene rings is 1. The number of ether oxygens (including phenoxy) is 2. The zero-order chi connectivity index (χ0) is 24.8. The molecule has 0 atom stereocenters. The van der Waals surface area contributed by atoms with Crippen LogP contribution in [0, 0.1) is 0 Å². The Morgan fingerprint density at radius 1 is 0.909 bits per heavy atom. The van der Waals surface area contributed by atoms with Crippen molar-refractivity contribution in [3.05, 3.63) is 57.9 Å². The fourth-order valence-corrected chi connectivity index (χ4v) is 4.23. The monoisotopic (exact) mass is 467 g/mol. The van der Waals surface area contributed by atoms with E-state index >= 15 is 0 Å². The van der Waals surface area contributed by atoms with Gasteiger partial charge < -0.3 is 14.4 Å². The minimum atomic E-state index is -4.67. The highest BCUT2D eigenvalue weighted by Crippen LogP contribution is 2.46. The average Bonchev–Trinajstić information content (AvgIpc) is 2.75. The lowest BCUT2D eigenvalue weighted by molar-refractivity contribution is -0.142. The molecule has 1 aromatic carbocycles. The molecule has 8 heteroatoms. The molecule has 0 fully saturated rings. The second kappa shape index (κ2) is 11.4. The predicted molar refractivity (Wildman–Crippen MR) is 119 cm³/mol. The maximum absolute atomic E-state index is 14.0. The van der Waals surface area contributed by atoms with Crippen molar-refractivity contribution in [3.63, 3.8) is 0 Å². The van der Waals surface area contributed by atoms with Gasteiger partial charge in [-0.15, -0.1) is 0 Å². The van der Waals surface area contributed by atoms with Gasteiger partial charge in [0, 0.05) is 17.9 Å². The van der Waals surface area contributed by atoms with Gasteiger partial charge in [0.2, 0.25) is 0 Å². The van der Waals surface area contributed by atoms with E-state index in [9.17, 15) is 22.8 Å². The summed E-state index contributed by atoms with van der Waals surface area (Å²) in [6.45, 7) is 9.31. The molecule has 2 rings (SSSR count). The summed E-state index contributed by atoms with van der Waals surface area (Å²) in [7, 11) is 0. The van der Waals surface area contributed by atoms with Crippen LogP contribution in [0.4, 0.5) is 13.2 Å². The normalized spacial score (nSPS) is 15.2. The van der Waals surface area contributed by atoms with E-state index in [0.29, 0.717) is 17.9 Å². The molecule has 0 unspecified atom stereocenters. The van der Waals surface area contributed by atoms with Crippen LogP contribution in [0.5, 0.6) is 0 Å². The first kappa shape index (κ1) is 26.5. The van der Waals surface area contributed by atoms with Crippen molar-refractivity contribution in [1.82, 2.24) is 4.90 Å². The van der Waals surface area contributed by atoms with Crippen molar-refractivity contribution in [2.45, 2.75) is 66.0 Å². The van der Waals surface area contributed by atoms with E-state index < -0.39 is 29.6 Å². The molecule has 1 aromatic rings. The lowest BCUT2D eigenvalue weighted by Crippen LogP contribution is -2.36. The SMILES string of the molecule is CCCCCN1C(C)=C(C(=O)OCC)C(c2ccccc2C(F)(F)F)C(C(=O)OCC)=C1C. The van der Waals surface area contributed by atoms with E-state index in [1.165, 1.54) is 18.2 Å². The van der Waals surface area contributed by atoms with Gasteiger partial charge in [-0.05, 0) is 45.7 Å². The molecule has 1 heterocycles. The highest BCUT2D eigenvalue weighted by molar-refractivity contribution is 6.00. The van der Waals surface area contributed by atoms with Crippen LogP contribution in [0.3, 0.4) is 0 Å². The predicted octanol–water partition coefficient (Wildman–Crippen LogP) is 5.97. The quantitative estimate of drug-likeness (QED) is 0.331. The van der Waals surface area contributed by atoms with Crippen LogP contribution in [0.1, 0.15) is 70.9 Å². The minimum Gasteiger partial charge on any atom is -0.463 e. The number of hydrogen-bond donors (Lipinski definition) is 0. The zero-order valence-corrected chi connectivity index (χ0v) is 19.8. The first-order valence-electron chi connectivity index (χ1n) is 11.3. The molecule has 182 valence electrons. The molecule has 0 bridgehead atoms. The standard InChI is InChI=1S/C25H32F3NO4/c1-6-9-12-15-29-16(4)20(23(30)32-7-2)22(21(17(29)5)24(31)33-8-3)18-13-10-11-14-19(18)25(26,27)28/h10-11,13-14,22H,6-9,12,15H2,1-5H3. The Hall–Kier alpha value is -2.77. The van der Waals surface area contributed by atoms with Gasteiger partial charge in [-0.2, -0.15) is 13.2 Å². The average molecular weight is 468 g/mol. The lowest BCUT2D eigenvalue weighted by Gasteiger charge is -2.38. The lowest BCUT2D eigenvalue weighted by atomic mass is 9.77. The summed E-state index contributed by atoms with van der Waals surface area (Å²) in [5.41, 5.74) is -0.0618. The van der Waals surface area contributed by atoms with Crippen molar-refractivity contribution in [2.24, 2.45) is 0 Å². The summed E-state index contributed by atoms with van der Waals surface area (Å²) >= 11 is 0. The van der Waals surface area contributed by atoms with Crippen LogP contribution in [0.15, 0.2) is 46.8 Å². The molecular weight excluding hydrogens is 435 g/mol. The number of nitrogens with zero attached hydrogens (tertiary/aromatic N) is 1. The van der Waals surface area contributed by atoms with Gasteiger partial charge in [-0.1, -0.05) is 38.0 Å². The van der Waals surface area contributed by atoms with Crippen molar-refractivity contribution in [2.75, 3.05) is 19.8 Å². The van der Waals surface area contributed by atoms with E-state index in [1.54, 1.807) is 27.7 Å². The van der Waals surface area contributed by atoms with E-state index in [2.05, 4.69) is 6.92 Å². The fraction of sp³-hybridized carbons (Fsp3) is 0.520. The van der Waals surface area contributed by atoms with Crippen molar-refractivity contribution < 1.29 is 32.2 Å². The molecule has 0 saturated carbocycles. The maximum atomic E-state index is 14.0. The summed E-state index contributed by atoms with van der Waals surface area (Å²) in [6.07, 6.45) is -1.98. The van der Waals surface area contributed by atoms with Crippen molar-refractivity contribution in [3.8, 4) is 0 Å². The Balaban J connectivity index is 2.84. The third-order valence-corrected chi connectivity index (χ3v) is 5.72. The number of rotatable bonds is 9. The number of alkyl halides is 3. The van der Waals surface area contributed by atoms with Gasteiger partial charge in [-0.25, -0.2) is 9.59 Å². The van der Waals surface area contributed by atoms with Crippen molar-refractivity contribution in [1.29, 1.82) is 0 Å². The Morgan fingerprint density at radius 2 is 1.42 bits per heavy atom. The smallest absolute Gasteiger partial charge is 0.416 e. The summed E-state index contributed by atoms with van der Waals surface area (Å²) in [5.74, 6) is -2.75. The van der Waals surface area contributed by atoms with Crippen LogP contribution in [0.25, 0.3) is 0 Å². The molecule has 0 amide bonds. The largest absolute Gasteiger partial charge is 0.463 e. The molecule has 0 spiro atoms. The molecule has 1 aliphatic rings.